The Hall–Kier alpha value is -2.47. The second-order valence-corrected chi connectivity index (χ2v) is 6.58. The van der Waals surface area contributed by atoms with Crippen LogP contribution in [0.1, 0.15) is 32.1 Å². The lowest BCUT2D eigenvalue weighted by molar-refractivity contribution is 0.0624. The fourth-order valence-electron chi connectivity index (χ4n) is 3.21. The number of ketones is 1. The van der Waals surface area contributed by atoms with Gasteiger partial charge >= 0.3 is 0 Å². The van der Waals surface area contributed by atoms with Crippen molar-refractivity contribution in [2.24, 2.45) is 7.05 Å². The van der Waals surface area contributed by atoms with Crippen molar-refractivity contribution in [3.63, 3.8) is 0 Å². The Bertz CT molecular complexity index is 774. The molecule has 6 heteroatoms. The second kappa shape index (κ2) is 7.19. The van der Waals surface area contributed by atoms with Gasteiger partial charge in [-0.1, -0.05) is 0 Å². The fourth-order valence-corrected chi connectivity index (χ4v) is 3.21. The number of hydrogen-bond acceptors (Lipinski definition) is 4. The highest BCUT2D eigenvalue weighted by atomic mass is 16.2. The molecule has 0 atom stereocenters. The van der Waals surface area contributed by atoms with Gasteiger partial charge in [-0.15, -0.1) is 0 Å². The zero-order chi connectivity index (χ0) is 18.0. The summed E-state index contributed by atoms with van der Waals surface area (Å²) in [7, 11) is 1.98. The molecule has 0 bridgehead atoms. The van der Waals surface area contributed by atoms with Crippen molar-refractivity contribution in [2.75, 3.05) is 32.7 Å². The standard InChI is InChI=1S/C19H24N4O2/c1-14-11-17(15(2)21(14)3)18(24)13-22-7-9-23(10-8-22)19(25)16-5-4-6-20-12-16/h4-6,11-12H,7-10,13H2,1-3H3. The van der Waals surface area contributed by atoms with Gasteiger partial charge in [0.2, 0.25) is 0 Å². The molecule has 1 fully saturated rings. The number of piperazine rings is 1. The fraction of sp³-hybridized carbons (Fsp3) is 0.421. The van der Waals surface area contributed by atoms with Crippen LogP contribution >= 0.6 is 0 Å². The summed E-state index contributed by atoms with van der Waals surface area (Å²) in [4.78, 5) is 33.0. The third kappa shape index (κ3) is 3.64. The van der Waals surface area contributed by atoms with E-state index in [1.807, 2.05) is 36.4 Å². The zero-order valence-corrected chi connectivity index (χ0v) is 15.0. The third-order valence-corrected chi connectivity index (χ3v) is 5.01. The lowest BCUT2D eigenvalue weighted by atomic mass is 10.1. The van der Waals surface area contributed by atoms with E-state index < -0.39 is 0 Å². The van der Waals surface area contributed by atoms with Gasteiger partial charge in [0.15, 0.2) is 5.78 Å². The number of aromatic nitrogens is 2. The first-order valence-electron chi connectivity index (χ1n) is 8.55. The maximum atomic E-state index is 12.6. The van der Waals surface area contributed by atoms with E-state index in [0.29, 0.717) is 38.3 Å². The predicted octanol–water partition coefficient (Wildman–Crippen LogP) is 1.68. The number of amides is 1. The third-order valence-electron chi connectivity index (χ3n) is 5.01. The Kier molecular flexibility index (Phi) is 4.99. The minimum absolute atomic E-state index is 0.00797. The molecule has 6 nitrogen and oxygen atoms in total. The molecule has 0 aliphatic carbocycles. The monoisotopic (exact) mass is 340 g/mol. The first-order chi connectivity index (χ1) is 12.0. The lowest BCUT2D eigenvalue weighted by Gasteiger charge is -2.34. The summed E-state index contributed by atoms with van der Waals surface area (Å²) in [5, 5.41) is 0. The molecule has 0 N–H and O–H groups in total. The first kappa shape index (κ1) is 17.4. The summed E-state index contributed by atoms with van der Waals surface area (Å²) in [6.07, 6.45) is 3.26. The molecule has 1 aliphatic heterocycles. The van der Waals surface area contributed by atoms with E-state index in [1.54, 1.807) is 24.5 Å². The van der Waals surface area contributed by atoms with Crippen LogP contribution in [-0.4, -0.2) is 63.8 Å². The predicted molar refractivity (Wildman–Crippen MR) is 95.8 cm³/mol. The van der Waals surface area contributed by atoms with Crippen LogP contribution in [0.15, 0.2) is 30.6 Å². The van der Waals surface area contributed by atoms with Gasteiger partial charge in [0.25, 0.3) is 5.91 Å². The van der Waals surface area contributed by atoms with Gasteiger partial charge in [0, 0.05) is 62.6 Å². The van der Waals surface area contributed by atoms with Gasteiger partial charge < -0.3 is 9.47 Å². The van der Waals surface area contributed by atoms with Crippen LogP contribution in [0.25, 0.3) is 0 Å². The van der Waals surface area contributed by atoms with Crippen LogP contribution in [0.5, 0.6) is 0 Å². The number of aryl methyl sites for hydroxylation is 1. The van der Waals surface area contributed by atoms with E-state index >= 15 is 0 Å². The second-order valence-electron chi connectivity index (χ2n) is 6.58. The van der Waals surface area contributed by atoms with Crippen molar-refractivity contribution in [1.29, 1.82) is 0 Å². The van der Waals surface area contributed by atoms with E-state index in [0.717, 1.165) is 17.0 Å². The largest absolute Gasteiger partial charge is 0.351 e. The Morgan fingerprint density at radius 3 is 2.44 bits per heavy atom. The van der Waals surface area contributed by atoms with Crippen LogP contribution in [0, 0.1) is 13.8 Å². The molecule has 0 aromatic carbocycles. The Morgan fingerprint density at radius 1 is 1.16 bits per heavy atom. The van der Waals surface area contributed by atoms with Gasteiger partial charge in [0.05, 0.1) is 12.1 Å². The van der Waals surface area contributed by atoms with E-state index in [9.17, 15) is 9.59 Å². The van der Waals surface area contributed by atoms with Gasteiger partial charge in [-0.05, 0) is 32.0 Å². The van der Waals surface area contributed by atoms with Crippen molar-refractivity contribution < 1.29 is 9.59 Å². The maximum Gasteiger partial charge on any atom is 0.255 e. The van der Waals surface area contributed by atoms with Crippen molar-refractivity contribution in [3.8, 4) is 0 Å². The van der Waals surface area contributed by atoms with Crippen LogP contribution in [0.2, 0.25) is 0 Å². The number of rotatable bonds is 4. The number of carbonyl (C=O) groups is 2. The van der Waals surface area contributed by atoms with E-state index in [-0.39, 0.29) is 11.7 Å². The molecular weight excluding hydrogens is 316 g/mol. The molecule has 0 unspecified atom stereocenters. The van der Waals surface area contributed by atoms with Crippen molar-refractivity contribution in [1.82, 2.24) is 19.4 Å². The van der Waals surface area contributed by atoms with E-state index in [4.69, 9.17) is 0 Å². The summed E-state index contributed by atoms with van der Waals surface area (Å²) < 4.78 is 2.04. The summed E-state index contributed by atoms with van der Waals surface area (Å²) >= 11 is 0. The highest BCUT2D eigenvalue weighted by molar-refractivity contribution is 5.99. The number of Topliss-reactive ketones (excluding diaryl/α,β-unsaturated/α-hetero) is 1. The summed E-state index contributed by atoms with van der Waals surface area (Å²) in [5.41, 5.74) is 3.51. The highest BCUT2D eigenvalue weighted by Gasteiger charge is 2.24. The quantitative estimate of drug-likeness (QED) is 0.795. The minimum Gasteiger partial charge on any atom is -0.351 e. The smallest absolute Gasteiger partial charge is 0.255 e. The molecule has 1 saturated heterocycles. The topological polar surface area (TPSA) is 58.4 Å². The molecule has 25 heavy (non-hydrogen) atoms. The average Bonchev–Trinajstić information content (AvgIpc) is 2.90. The van der Waals surface area contributed by atoms with E-state index in [2.05, 4.69) is 9.88 Å². The average molecular weight is 340 g/mol. The SMILES string of the molecule is Cc1cc(C(=O)CN2CCN(C(=O)c3cccnc3)CC2)c(C)n1C. The molecule has 1 amide bonds. The van der Waals surface area contributed by atoms with Crippen LogP contribution in [0.3, 0.4) is 0 Å². The molecule has 0 saturated carbocycles. The van der Waals surface area contributed by atoms with E-state index in [1.165, 1.54) is 0 Å². The van der Waals surface area contributed by atoms with Gasteiger partial charge in [0.1, 0.15) is 0 Å². The number of pyridine rings is 1. The van der Waals surface area contributed by atoms with Crippen molar-refractivity contribution in [2.45, 2.75) is 13.8 Å². The van der Waals surface area contributed by atoms with Gasteiger partial charge in [-0.3, -0.25) is 19.5 Å². The Balaban J connectivity index is 1.56. The Labute approximate surface area is 148 Å². The molecule has 2 aromatic heterocycles. The van der Waals surface area contributed by atoms with Crippen molar-refractivity contribution >= 4 is 11.7 Å². The summed E-state index contributed by atoms with van der Waals surface area (Å²) in [6.45, 7) is 7.07. The maximum absolute atomic E-state index is 12.6. The first-order valence-corrected chi connectivity index (χ1v) is 8.55. The van der Waals surface area contributed by atoms with Crippen molar-refractivity contribution in [3.05, 3.63) is 53.1 Å². The molecule has 2 aromatic rings. The minimum atomic E-state index is 0.00797. The summed E-state index contributed by atoms with van der Waals surface area (Å²) in [6, 6.07) is 5.51. The normalized spacial score (nSPS) is 15.4. The molecule has 1 aliphatic rings. The number of hydrogen-bond donors (Lipinski definition) is 0. The lowest BCUT2D eigenvalue weighted by Crippen LogP contribution is -2.49. The molecule has 3 rings (SSSR count). The van der Waals surface area contributed by atoms with Crippen LogP contribution in [0.4, 0.5) is 0 Å². The zero-order valence-electron chi connectivity index (χ0n) is 15.0. The Morgan fingerprint density at radius 2 is 1.88 bits per heavy atom. The summed E-state index contributed by atoms with van der Waals surface area (Å²) in [5.74, 6) is 0.154. The van der Waals surface area contributed by atoms with Crippen LogP contribution < -0.4 is 0 Å². The number of nitrogens with zero attached hydrogens (tertiary/aromatic N) is 4. The van der Waals surface area contributed by atoms with Crippen LogP contribution in [-0.2, 0) is 7.05 Å². The molecular formula is C19H24N4O2. The molecule has 0 radical (unpaired) electrons. The van der Waals surface area contributed by atoms with Gasteiger partial charge in [-0.2, -0.15) is 0 Å². The molecule has 132 valence electrons. The molecule has 3 heterocycles. The molecule has 0 spiro atoms. The number of carbonyl (C=O) groups excluding carboxylic acids is 2. The highest BCUT2D eigenvalue weighted by Crippen LogP contribution is 2.15. The van der Waals surface area contributed by atoms with Gasteiger partial charge in [-0.25, -0.2) is 0 Å².